The Morgan fingerprint density at radius 1 is 1.30 bits per heavy atom. The summed E-state index contributed by atoms with van der Waals surface area (Å²) in [4.78, 5) is 12.9. The minimum absolute atomic E-state index is 0.220. The number of hydrogen-bond acceptors (Lipinski definition) is 7. The first kappa shape index (κ1) is 16.7. The number of anilines is 1. The van der Waals surface area contributed by atoms with Crippen LogP contribution in [0, 0.1) is 22.7 Å². The van der Waals surface area contributed by atoms with E-state index in [0.29, 0.717) is 11.5 Å². The number of hydrogen-bond donors (Lipinski definition) is 1. The van der Waals surface area contributed by atoms with Gasteiger partial charge < -0.3 is 5.32 Å². The number of nitrogens with zero attached hydrogens (tertiary/aromatic N) is 7. The van der Waals surface area contributed by atoms with Gasteiger partial charge in [0, 0.05) is 42.2 Å². The maximum Gasteiger partial charge on any atom is 0.133 e. The molecule has 3 aromatic heterocycles. The molecule has 8 heteroatoms. The maximum atomic E-state index is 9.27. The van der Waals surface area contributed by atoms with Gasteiger partial charge in [0.15, 0.2) is 0 Å². The molecule has 3 aromatic rings. The van der Waals surface area contributed by atoms with Gasteiger partial charge in [0.05, 0.1) is 36.0 Å². The fourth-order valence-electron chi connectivity index (χ4n) is 3.37. The van der Waals surface area contributed by atoms with Crippen molar-refractivity contribution in [1.82, 2.24) is 24.7 Å². The SMILES string of the molecule is CC1CNc2ncnc(-c3cnn(C(CC#N)c4cncc(C#N)c4)c3)c21. The molecule has 8 nitrogen and oxygen atoms in total. The summed E-state index contributed by atoms with van der Waals surface area (Å²) in [6, 6.07) is 5.69. The summed E-state index contributed by atoms with van der Waals surface area (Å²) in [5.41, 5.74) is 4.03. The van der Waals surface area contributed by atoms with Crippen LogP contribution in [0.5, 0.6) is 0 Å². The molecule has 0 aliphatic carbocycles. The first-order valence-electron chi connectivity index (χ1n) is 8.56. The summed E-state index contributed by atoms with van der Waals surface area (Å²) in [5, 5.41) is 26.1. The van der Waals surface area contributed by atoms with Crippen LogP contribution >= 0.6 is 0 Å². The van der Waals surface area contributed by atoms with E-state index in [9.17, 15) is 5.26 Å². The van der Waals surface area contributed by atoms with E-state index in [1.165, 1.54) is 6.20 Å². The van der Waals surface area contributed by atoms with Gasteiger partial charge in [-0.15, -0.1) is 0 Å². The fourth-order valence-corrected chi connectivity index (χ4v) is 3.37. The molecule has 0 spiro atoms. The number of rotatable bonds is 4. The predicted molar refractivity (Wildman–Crippen MR) is 97.5 cm³/mol. The molecular formula is C19H16N8. The van der Waals surface area contributed by atoms with Crippen LogP contribution in [0.15, 0.2) is 37.2 Å². The number of nitriles is 2. The average Bonchev–Trinajstić information content (AvgIpc) is 3.33. The molecule has 0 saturated carbocycles. The van der Waals surface area contributed by atoms with E-state index in [4.69, 9.17) is 5.26 Å². The second-order valence-electron chi connectivity index (χ2n) is 6.47. The molecule has 0 amide bonds. The Labute approximate surface area is 156 Å². The van der Waals surface area contributed by atoms with Crippen LogP contribution in [0.2, 0.25) is 0 Å². The van der Waals surface area contributed by atoms with Crippen LogP contribution < -0.4 is 5.32 Å². The zero-order chi connectivity index (χ0) is 18.8. The predicted octanol–water partition coefficient (Wildman–Crippen LogP) is 2.64. The summed E-state index contributed by atoms with van der Waals surface area (Å²) in [7, 11) is 0. The van der Waals surface area contributed by atoms with E-state index in [-0.39, 0.29) is 12.5 Å². The summed E-state index contributed by atoms with van der Waals surface area (Å²) in [5.74, 6) is 1.17. The Hall–Kier alpha value is -3.78. The normalized spacial score (nSPS) is 16.0. The zero-order valence-electron chi connectivity index (χ0n) is 14.7. The molecule has 27 heavy (non-hydrogen) atoms. The molecule has 132 valence electrons. The third kappa shape index (κ3) is 2.98. The van der Waals surface area contributed by atoms with Gasteiger partial charge in [0.1, 0.15) is 18.2 Å². The number of aromatic nitrogens is 5. The van der Waals surface area contributed by atoms with Crippen molar-refractivity contribution in [3.63, 3.8) is 0 Å². The summed E-state index contributed by atoms with van der Waals surface area (Å²) in [6.07, 6.45) is 8.56. The molecule has 1 aliphatic heterocycles. The Morgan fingerprint density at radius 3 is 3.00 bits per heavy atom. The Morgan fingerprint density at radius 2 is 2.19 bits per heavy atom. The lowest BCUT2D eigenvalue weighted by Crippen LogP contribution is -2.11. The molecule has 0 saturated heterocycles. The van der Waals surface area contributed by atoms with E-state index in [0.717, 1.165) is 34.7 Å². The van der Waals surface area contributed by atoms with Crippen molar-refractivity contribution in [2.45, 2.75) is 25.3 Å². The van der Waals surface area contributed by atoms with E-state index in [2.05, 4.69) is 44.4 Å². The largest absolute Gasteiger partial charge is 0.369 e. The highest BCUT2D eigenvalue weighted by atomic mass is 15.3. The van der Waals surface area contributed by atoms with Crippen molar-refractivity contribution in [3.8, 4) is 23.4 Å². The van der Waals surface area contributed by atoms with E-state index in [1.54, 1.807) is 29.5 Å². The van der Waals surface area contributed by atoms with Crippen molar-refractivity contribution in [1.29, 1.82) is 10.5 Å². The maximum absolute atomic E-state index is 9.27. The highest BCUT2D eigenvalue weighted by molar-refractivity contribution is 5.70. The quantitative estimate of drug-likeness (QED) is 0.763. The summed E-state index contributed by atoms with van der Waals surface area (Å²) in [6.45, 7) is 2.96. The van der Waals surface area contributed by atoms with Crippen molar-refractivity contribution < 1.29 is 0 Å². The molecule has 4 rings (SSSR count). The summed E-state index contributed by atoms with van der Waals surface area (Å²) < 4.78 is 1.73. The second kappa shape index (κ2) is 6.85. The molecule has 2 atom stereocenters. The van der Waals surface area contributed by atoms with Crippen LogP contribution in [0.4, 0.5) is 5.82 Å². The van der Waals surface area contributed by atoms with Gasteiger partial charge in [-0.05, 0) is 11.6 Å². The lowest BCUT2D eigenvalue weighted by Gasteiger charge is -2.14. The molecule has 0 bridgehead atoms. The molecule has 4 heterocycles. The first-order chi connectivity index (χ1) is 13.2. The molecule has 1 aliphatic rings. The number of fused-ring (bicyclic) bond motifs is 1. The van der Waals surface area contributed by atoms with Crippen molar-refractivity contribution in [2.75, 3.05) is 11.9 Å². The molecule has 2 unspecified atom stereocenters. The van der Waals surface area contributed by atoms with Crippen LogP contribution in [-0.4, -0.2) is 31.3 Å². The van der Waals surface area contributed by atoms with Crippen molar-refractivity contribution in [3.05, 3.63) is 53.9 Å². The Balaban J connectivity index is 1.74. The first-order valence-corrected chi connectivity index (χ1v) is 8.56. The third-order valence-electron chi connectivity index (χ3n) is 4.70. The van der Waals surface area contributed by atoms with E-state index in [1.807, 2.05) is 6.20 Å². The highest BCUT2D eigenvalue weighted by Crippen LogP contribution is 2.36. The van der Waals surface area contributed by atoms with Gasteiger partial charge in [-0.2, -0.15) is 15.6 Å². The van der Waals surface area contributed by atoms with Gasteiger partial charge in [-0.3, -0.25) is 9.67 Å². The molecule has 0 fully saturated rings. The fraction of sp³-hybridized carbons (Fsp3) is 0.263. The van der Waals surface area contributed by atoms with Gasteiger partial charge in [0.25, 0.3) is 0 Å². The molecular weight excluding hydrogens is 340 g/mol. The number of pyridine rings is 1. The minimum Gasteiger partial charge on any atom is -0.369 e. The lowest BCUT2D eigenvalue weighted by atomic mass is 10.0. The molecule has 0 radical (unpaired) electrons. The van der Waals surface area contributed by atoms with Crippen LogP contribution in [0.25, 0.3) is 11.3 Å². The molecule has 0 aromatic carbocycles. The summed E-state index contributed by atoms with van der Waals surface area (Å²) >= 11 is 0. The highest BCUT2D eigenvalue weighted by Gasteiger charge is 2.25. The smallest absolute Gasteiger partial charge is 0.133 e. The van der Waals surface area contributed by atoms with Crippen LogP contribution in [0.3, 0.4) is 0 Å². The Bertz CT molecular complexity index is 1070. The minimum atomic E-state index is -0.324. The van der Waals surface area contributed by atoms with E-state index < -0.39 is 0 Å². The molecule has 1 N–H and O–H groups in total. The standard InChI is InChI=1S/C19H16N8/c1-12-6-23-19-17(12)18(24-11-25-19)15-9-26-27(10-15)16(2-3-20)14-4-13(5-21)7-22-8-14/h4,7-12,16H,2,6H2,1H3,(H,23,24,25). The van der Waals surface area contributed by atoms with Crippen molar-refractivity contribution in [2.24, 2.45) is 0 Å². The third-order valence-corrected chi connectivity index (χ3v) is 4.70. The average molecular weight is 356 g/mol. The monoisotopic (exact) mass is 356 g/mol. The topological polar surface area (TPSA) is 116 Å². The van der Waals surface area contributed by atoms with Crippen LogP contribution in [-0.2, 0) is 0 Å². The van der Waals surface area contributed by atoms with E-state index >= 15 is 0 Å². The lowest BCUT2D eigenvalue weighted by molar-refractivity contribution is 0.531. The van der Waals surface area contributed by atoms with Crippen LogP contribution in [0.1, 0.15) is 42.0 Å². The van der Waals surface area contributed by atoms with Gasteiger partial charge in [-0.25, -0.2) is 9.97 Å². The van der Waals surface area contributed by atoms with Gasteiger partial charge in [-0.1, -0.05) is 6.92 Å². The second-order valence-corrected chi connectivity index (χ2v) is 6.47. The van der Waals surface area contributed by atoms with Crippen molar-refractivity contribution >= 4 is 5.82 Å². The van der Waals surface area contributed by atoms with Gasteiger partial charge in [0.2, 0.25) is 0 Å². The number of nitrogens with one attached hydrogen (secondary N) is 1. The Kier molecular flexibility index (Phi) is 4.23. The zero-order valence-corrected chi connectivity index (χ0v) is 14.7. The van der Waals surface area contributed by atoms with Gasteiger partial charge >= 0.3 is 0 Å².